The number of carboxylic acid groups (broad SMARTS) is 1. The van der Waals surface area contributed by atoms with Crippen molar-refractivity contribution in [3.05, 3.63) is 12.2 Å². The van der Waals surface area contributed by atoms with Crippen LogP contribution in [0.15, 0.2) is 12.2 Å². The third-order valence-electron chi connectivity index (χ3n) is 5.87. The number of hydrogen-bond acceptors (Lipinski definition) is 3. The highest BCUT2D eigenvalue weighted by Gasteiger charge is 2.33. The molecular weight excluding hydrogens is 347 g/mol. The number of carboxylic acids is 1. The fraction of sp³-hybridized carbons (Fsp3) is 0.864. The highest BCUT2D eigenvalue weighted by atomic mass is 19.1. The van der Waals surface area contributed by atoms with Crippen molar-refractivity contribution in [3.63, 3.8) is 0 Å². The Morgan fingerprint density at radius 3 is 2.59 bits per heavy atom. The van der Waals surface area contributed by atoms with E-state index in [1.807, 2.05) is 6.08 Å². The van der Waals surface area contributed by atoms with Crippen LogP contribution in [0.25, 0.3) is 0 Å². The summed E-state index contributed by atoms with van der Waals surface area (Å²) in [5, 5.41) is 29.1. The van der Waals surface area contributed by atoms with Crippen LogP contribution in [0.4, 0.5) is 4.39 Å². The predicted octanol–water partition coefficient (Wildman–Crippen LogP) is 4.88. The maximum atomic E-state index is 13.0. The number of rotatable bonds is 13. The molecule has 5 heteroatoms. The molecule has 0 spiro atoms. The van der Waals surface area contributed by atoms with Gasteiger partial charge in [0.2, 0.25) is 0 Å². The highest BCUT2D eigenvalue weighted by molar-refractivity contribution is 5.71. The van der Waals surface area contributed by atoms with E-state index in [4.69, 9.17) is 5.11 Å². The molecule has 1 saturated carbocycles. The molecule has 158 valence electrons. The number of halogens is 1. The van der Waals surface area contributed by atoms with Crippen LogP contribution >= 0.6 is 0 Å². The molecule has 0 aromatic heterocycles. The lowest BCUT2D eigenvalue weighted by atomic mass is 9.82. The monoisotopic (exact) mass is 386 g/mol. The smallest absolute Gasteiger partial charge is 0.338 e. The number of hydrogen-bond donors (Lipinski definition) is 3. The summed E-state index contributed by atoms with van der Waals surface area (Å²) in [5.41, 5.74) is 0.122. The zero-order valence-electron chi connectivity index (χ0n) is 17.2. The fourth-order valence-electron chi connectivity index (χ4n) is 4.41. The SMILES string of the molecule is CCCC(C)(C)CC(O)C=C[C@H]1CC[C@H](O)[C@@H]1CCCCCC(F)C(=O)O. The number of carbonyl (C=O) groups is 1. The van der Waals surface area contributed by atoms with Crippen molar-refractivity contribution in [2.75, 3.05) is 0 Å². The van der Waals surface area contributed by atoms with Gasteiger partial charge in [-0.3, -0.25) is 0 Å². The Balaban J connectivity index is 2.40. The van der Waals surface area contributed by atoms with Gasteiger partial charge in [-0.15, -0.1) is 0 Å². The molecule has 3 N–H and O–H groups in total. The topological polar surface area (TPSA) is 77.8 Å². The number of allylic oxidation sites excluding steroid dienone is 1. The molecule has 0 heterocycles. The van der Waals surface area contributed by atoms with Gasteiger partial charge in [0.1, 0.15) is 0 Å². The molecule has 1 aliphatic carbocycles. The van der Waals surface area contributed by atoms with Gasteiger partial charge in [0.15, 0.2) is 6.17 Å². The molecule has 0 saturated heterocycles. The molecule has 1 fully saturated rings. The summed E-state index contributed by atoms with van der Waals surface area (Å²) in [7, 11) is 0. The molecule has 5 atom stereocenters. The summed E-state index contributed by atoms with van der Waals surface area (Å²) in [6.45, 7) is 6.52. The van der Waals surface area contributed by atoms with Gasteiger partial charge in [-0.2, -0.15) is 0 Å². The van der Waals surface area contributed by atoms with E-state index in [-0.39, 0.29) is 29.8 Å². The van der Waals surface area contributed by atoms with Crippen molar-refractivity contribution in [1.82, 2.24) is 0 Å². The van der Waals surface area contributed by atoms with Crippen molar-refractivity contribution in [3.8, 4) is 0 Å². The Labute approximate surface area is 163 Å². The van der Waals surface area contributed by atoms with Gasteiger partial charge >= 0.3 is 5.97 Å². The lowest BCUT2D eigenvalue weighted by Crippen LogP contribution is -2.20. The number of aliphatic carboxylic acids is 1. The zero-order chi connectivity index (χ0) is 20.4. The first-order chi connectivity index (χ1) is 12.7. The number of alkyl halides is 1. The Kier molecular flexibility index (Phi) is 10.5. The predicted molar refractivity (Wildman–Crippen MR) is 106 cm³/mol. The van der Waals surface area contributed by atoms with E-state index >= 15 is 0 Å². The molecule has 0 aromatic carbocycles. The molecular formula is C22H39FO4. The average Bonchev–Trinajstić information content (AvgIpc) is 2.92. The standard InChI is InChI=1S/C22H39FO4/c1-4-14-22(2,3)15-17(24)12-10-16-11-13-20(25)18(16)8-6-5-7-9-19(23)21(26)27/h10,12,16-20,24-25H,4-9,11,13-15H2,1-3H3,(H,26,27)/t16-,17?,18+,19?,20-/m0/s1. The van der Waals surface area contributed by atoms with Gasteiger partial charge in [-0.05, 0) is 62.2 Å². The first kappa shape index (κ1) is 24.1. The van der Waals surface area contributed by atoms with E-state index < -0.39 is 18.2 Å². The summed E-state index contributed by atoms with van der Waals surface area (Å²) in [5.74, 6) is -0.929. The van der Waals surface area contributed by atoms with E-state index in [1.54, 1.807) is 0 Å². The second kappa shape index (κ2) is 11.8. The molecule has 2 unspecified atom stereocenters. The maximum absolute atomic E-state index is 13.0. The van der Waals surface area contributed by atoms with E-state index in [0.717, 1.165) is 51.4 Å². The number of unbranched alkanes of at least 4 members (excludes halogenated alkanes) is 2. The Morgan fingerprint density at radius 2 is 1.96 bits per heavy atom. The van der Waals surface area contributed by atoms with Crippen LogP contribution in [0.1, 0.15) is 85.0 Å². The normalized spacial score (nSPS) is 25.8. The Hall–Kier alpha value is -0.940. The zero-order valence-corrected chi connectivity index (χ0v) is 17.2. The lowest BCUT2D eigenvalue weighted by Gasteiger charge is -2.26. The summed E-state index contributed by atoms with van der Waals surface area (Å²) in [4.78, 5) is 10.5. The van der Waals surface area contributed by atoms with Crippen molar-refractivity contribution >= 4 is 5.97 Å². The second-order valence-electron chi connectivity index (χ2n) is 8.99. The van der Waals surface area contributed by atoms with Gasteiger partial charge in [0.05, 0.1) is 12.2 Å². The third-order valence-corrected chi connectivity index (χ3v) is 5.87. The van der Waals surface area contributed by atoms with Crippen LogP contribution in [0.5, 0.6) is 0 Å². The van der Waals surface area contributed by atoms with Crippen LogP contribution in [0, 0.1) is 17.3 Å². The van der Waals surface area contributed by atoms with E-state index in [2.05, 4.69) is 26.8 Å². The van der Waals surface area contributed by atoms with Gasteiger partial charge in [0, 0.05) is 0 Å². The number of aliphatic hydroxyl groups excluding tert-OH is 2. The van der Waals surface area contributed by atoms with E-state index in [9.17, 15) is 19.4 Å². The Bertz CT molecular complexity index is 463. The highest BCUT2D eigenvalue weighted by Crippen LogP contribution is 2.37. The summed E-state index contributed by atoms with van der Waals surface area (Å²) < 4.78 is 13.0. The van der Waals surface area contributed by atoms with Crippen molar-refractivity contribution in [2.24, 2.45) is 17.3 Å². The van der Waals surface area contributed by atoms with Crippen LogP contribution in [0.3, 0.4) is 0 Å². The third kappa shape index (κ3) is 9.20. The summed E-state index contributed by atoms with van der Waals surface area (Å²) in [6, 6.07) is 0. The first-order valence-corrected chi connectivity index (χ1v) is 10.6. The molecule has 0 aromatic rings. The molecule has 0 aliphatic heterocycles. The largest absolute Gasteiger partial charge is 0.479 e. The van der Waals surface area contributed by atoms with Crippen LogP contribution in [-0.2, 0) is 4.79 Å². The van der Waals surface area contributed by atoms with Crippen LogP contribution < -0.4 is 0 Å². The molecule has 1 aliphatic rings. The minimum atomic E-state index is -1.77. The fourth-order valence-corrected chi connectivity index (χ4v) is 4.41. The minimum Gasteiger partial charge on any atom is -0.479 e. The van der Waals surface area contributed by atoms with Gasteiger partial charge in [-0.1, -0.05) is 52.2 Å². The molecule has 0 radical (unpaired) electrons. The molecule has 0 amide bonds. The maximum Gasteiger partial charge on any atom is 0.338 e. The quantitative estimate of drug-likeness (QED) is 0.311. The first-order valence-electron chi connectivity index (χ1n) is 10.6. The van der Waals surface area contributed by atoms with Crippen molar-refractivity contribution in [1.29, 1.82) is 0 Å². The van der Waals surface area contributed by atoms with Gasteiger partial charge < -0.3 is 15.3 Å². The van der Waals surface area contributed by atoms with Crippen LogP contribution in [0.2, 0.25) is 0 Å². The van der Waals surface area contributed by atoms with Crippen LogP contribution in [-0.4, -0.2) is 39.7 Å². The molecule has 4 nitrogen and oxygen atoms in total. The molecule has 0 bridgehead atoms. The number of aliphatic hydroxyl groups is 2. The minimum absolute atomic E-state index is 0.0611. The van der Waals surface area contributed by atoms with Gasteiger partial charge in [0.25, 0.3) is 0 Å². The lowest BCUT2D eigenvalue weighted by molar-refractivity contribution is -0.143. The Morgan fingerprint density at radius 1 is 1.26 bits per heavy atom. The van der Waals surface area contributed by atoms with Crippen molar-refractivity contribution < 1.29 is 24.5 Å². The van der Waals surface area contributed by atoms with E-state index in [1.165, 1.54) is 0 Å². The summed E-state index contributed by atoms with van der Waals surface area (Å²) >= 11 is 0. The average molecular weight is 387 g/mol. The second-order valence-corrected chi connectivity index (χ2v) is 8.99. The summed E-state index contributed by atoms with van der Waals surface area (Å²) in [6.07, 6.45) is 9.20. The van der Waals surface area contributed by atoms with Crippen molar-refractivity contribution in [2.45, 2.75) is 103 Å². The molecule has 1 rings (SSSR count). The van der Waals surface area contributed by atoms with E-state index in [0.29, 0.717) is 6.42 Å². The molecule has 27 heavy (non-hydrogen) atoms. The van der Waals surface area contributed by atoms with Gasteiger partial charge in [-0.25, -0.2) is 9.18 Å².